The first-order valence-electron chi connectivity index (χ1n) is 9.35. The van der Waals surface area contributed by atoms with E-state index in [1.807, 2.05) is 0 Å². The van der Waals surface area contributed by atoms with E-state index in [9.17, 15) is 14.4 Å². The summed E-state index contributed by atoms with van der Waals surface area (Å²) in [5, 5.41) is 0.993. The highest BCUT2D eigenvalue weighted by molar-refractivity contribution is 7.22. The molecule has 1 aliphatic rings. The number of benzene rings is 2. The van der Waals surface area contributed by atoms with Crippen LogP contribution in [-0.4, -0.2) is 34.2 Å². The summed E-state index contributed by atoms with van der Waals surface area (Å²) < 4.78 is 6.23. The van der Waals surface area contributed by atoms with Crippen molar-refractivity contribution in [1.29, 1.82) is 0 Å². The van der Waals surface area contributed by atoms with Crippen molar-refractivity contribution in [2.45, 2.75) is 6.54 Å². The van der Waals surface area contributed by atoms with Crippen molar-refractivity contribution in [3.63, 3.8) is 0 Å². The van der Waals surface area contributed by atoms with E-state index in [1.54, 1.807) is 54.6 Å². The van der Waals surface area contributed by atoms with Gasteiger partial charge in [-0.1, -0.05) is 35.1 Å². The largest absolute Gasteiger partial charge is 0.467 e. The summed E-state index contributed by atoms with van der Waals surface area (Å²) in [7, 11) is 0. The quantitative estimate of drug-likeness (QED) is 0.421. The number of carbonyl (C=O) groups is 3. The molecule has 9 heteroatoms. The van der Waals surface area contributed by atoms with Crippen LogP contribution in [0, 0.1) is 0 Å². The molecule has 0 spiro atoms. The maximum Gasteiger partial charge on any atom is 0.262 e. The zero-order valence-corrected chi connectivity index (χ0v) is 17.5. The second-order valence-corrected chi connectivity index (χ2v) is 8.36. The molecule has 0 saturated heterocycles. The van der Waals surface area contributed by atoms with Gasteiger partial charge in [0.2, 0.25) is 5.91 Å². The van der Waals surface area contributed by atoms with Crippen LogP contribution in [0.5, 0.6) is 0 Å². The number of aromatic nitrogens is 1. The molecule has 7 nitrogen and oxygen atoms in total. The van der Waals surface area contributed by atoms with Crippen molar-refractivity contribution >= 4 is 56.0 Å². The van der Waals surface area contributed by atoms with Crippen LogP contribution >= 0.6 is 22.9 Å². The van der Waals surface area contributed by atoms with Gasteiger partial charge in [-0.3, -0.25) is 24.2 Å². The highest BCUT2D eigenvalue weighted by Crippen LogP contribution is 2.32. The number of hydrogen-bond donors (Lipinski definition) is 0. The Morgan fingerprint density at radius 3 is 2.48 bits per heavy atom. The molecule has 154 valence electrons. The Kier molecular flexibility index (Phi) is 4.80. The van der Waals surface area contributed by atoms with Crippen molar-refractivity contribution < 1.29 is 18.8 Å². The molecule has 0 fully saturated rings. The Hall–Kier alpha value is -3.49. The SMILES string of the molecule is O=C1c2ccccc2C(=O)N1CC(=O)N(Cc1ccco1)c1nc2ccc(Cl)cc2s1. The van der Waals surface area contributed by atoms with Gasteiger partial charge in [-0.05, 0) is 42.5 Å². The molecular weight excluding hydrogens is 438 g/mol. The van der Waals surface area contributed by atoms with Gasteiger partial charge in [0.15, 0.2) is 5.13 Å². The third-order valence-electron chi connectivity index (χ3n) is 4.94. The van der Waals surface area contributed by atoms with Crippen LogP contribution in [0.2, 0.25) is 5.02 Å². The minimum atomic E-state index is -0.483. The van der Waals surface area contributed by atoms with E-state index >= 15 is 0 Å². The summed E-state index contributed by atoms with van der Waals surface area (Å²) >= 11 is 7.37. The fraction of sp³-hybridized carbons (Fsp3) is 0.0909. The fourth-order valence-corrected chi connectivity index (χ4v) is 4.68. The molecule has 0 bridgehead atoms. The van der Waals surface area contributed by atoms with Gasteiger partial charge < -0.3 is 4.42 Å². The van der Waals surface area contributed by atoms with Crippen molar-refractivity contribution in [1.82, 2.24) is 9.88 Å². The lowest BCUT2D eigenvalue weighted by atomic mass is 10.1. The number of fused-ring (bicyclic) bond motifs is 2. The van der Waals surface area contributed by atoms with E-state index in [0.29, 0.717) is 32.6 Å². The van der Waals surface area contributed by atoms with Crippen LogP contribution in [0.15, 0.2) is 65.3 Å². The molecule has 2 aromatic carbocycles. The highest BCUT2D eigenvalue weighted by Gasteiger charge is 2.37. The minimum Gasteiger partial charge on any atom is -0.467 e. The van der Waals surface area contributed by atoms with Gasteiger partial charge >= 0.3 is 0 Å². The Morgan fingerprint density at radius 1 is 1.06 bits per heavy atom. The number of hydrogen-bond acceptors (Lipinski definition) is 6. The summed E-state index contributed by atoms with van der Waals surface area (Å²) in [4.78, 5) is 45.6. The Labute approximate surface area is 185 Å². The maximum absolute atomic E-state index is 13.3. The molecule has 0 radical (unpaired) electrons. The van der Waals surface area contributed by atoms with Crippen molar-refractivity contribution in [2.24, 2.45) is 0 Å². The molecule has 0 atom stereocenters. The van der Waals surface area contributed by atoms with Crippen molar-refractivity contribution in [3.8, 4) is 0 Å². The summed E-state index contributed by atoms with van der Waals surface area (Å²) in [6.45, 7) is -0.285. The third kappa shape index (κ3) is 3.49. The molecule has 5 rings (SSSR count). The monoisotopic (exact) mass is 451 g/mol. The summed E-state index contributed by atoms with van der Waals surface area (Å²) in [6.07, 6.45) is 1.51. The van der Waals surface area contributed by atoms with E-state index in [2.05, 4.69) is 4.98 Å². The number of rotatable bonds is 5. The second kappa shape index (κ2) is 7.64. The van der Waals surface area contributed by atoms with Gasteiger partial charge in [-0.25, -0.2) is 4.98 Å². The molecule has 3 amide bonds. The van der Waals surface area contributed by atoms with Gasteiger partial charge in [0.05, 0.1) is 34.2 Å². The van der Waals surface area contributed by atoms with E-state index in [1.165, 1.54) is 22.5 Å². The van der Waals surface area contributed by atoms with E-state index in [4.69, 9.17) is 16.0 Å². The number of halogens is 1. The summed E-state index contributed by atoms with van der Waals surface area (Å²) in [5.74, 6) is -0.866. The van der Waals surface area contributed by atoms with Gasteiger partial charge in [0.25, 0.3) is 11.8 Å². The Morgan fingerprint density at radius 2 is 1.81 bits per heavy atom. The minimum absolute atomic E-state index is 0.114. The predicted octanol–water partition coefficient (Wildman–Crippen LogP) is 4.37. The van der Waals surface area contributed by atoms with E-state index in [0.717, 1.165) is 9.60 Å². The number of nitrogens with zero attached hydrogens (tertiary/aromatic N) is 3. The first kappa shape index (κ1) is 19.5. The molecule has 2 aromatic heterocycles. The number of amides is 3. The second-order valence-electron chi connectivity index (χ2n) is 6.91. The molecule has 0 N–H and O–H groups in total. The molecule has 0 unspecified atom stereocenters. The molecular formula is C22H14ClN3O4S. The van der Waals surface area contributed by atoms with Gasteiger partial charge in [-0.2, -0.15) is 0 Å². The molecule has 0 aliphatic carbocycles. The normalized spacial score (nSPS) is 13.1. The first-order valence-corrected chi connectivity index (χ1v) is 10.5. The molecule has 3 heterocycles. The third-order valence-corrected chi connectivity index (χ3v) is 6.21. The maximum atomic E-state index is 13.3. The van der Waals surface area contributed by atoms with Crippen LogP contribution in [0.4, 0.5) is 5.13 Å². The predicted molar refractivity (Wildman–Crippen MR) is 116 cm³/mol. The van der Waals surface area contributed by atoms with Crippen molar-refractivity contribution in [3.05, 3.63) is 82.8 Å². The average Bonchev–Trinajstić information content (AvgIpc) is 3.48. The standard InChI is InChI=1S/C22H14ClN3O4S/c23-13-7-8-17-18(10-13)31-22(24-17)25(11-14-4-3-9-30-14)19(27)12-26-20(28)15-5-1-2-6-16(15)21(26)29/h1-10H,11-12H2. The zero-order valence-electron chi connectivity index (χ0n) is 15.9. The molecule has 1 aliphatic heterocycles. The van der Waals surface area contributed by atoms with Crippen LogP contribution in [0.25, 0.3) is 10.2 Å². The molecule has 0 saturated carbocycles. The van der Waals surface area contributed by atoms with E-state index < -0.39 is 24.3 Å². The highest BCUT2D eigenvalue weighted by atomic mass is 35.5. The van der Waals surface area contributed by atoms with Crippen molar-refractivity contribution in [2.75, 3.05) is 11.4 Å². The van der Waals surface area contributed by atoms with Crippen LogP contribution in [-0.2, 0) is 11.3 Å². The topological polar surface area (TPSA) is 83.7 Å². The lowest BCUT2D eigenvalue weighted by Crippen LogP contribution is -2.42. The number of imide groups is 1. The summed E-state index contributed by atoms with van der Waals surface area (Å²) in [5.41, 5.74) is 1.29. The fourth-order valence-electron chi connectivity index (χ4n) is 3.43. The number of furan rings is 1. The zero-order chi connectivity index (χ0) is 21.5. The van der Waals surface area contributed by atoms with Crippen LogP contribution < -0.4 is 4.90 Å². The first-order chi connectivity index (χ1) is 15.0. The number of anilines is 1. The average molecular weight is 452 g/mol. The Bertz CT molecular complexity index is 1300. The van der Waals surface area contributed by atoms with Crippen LogP contribution in [0.1, 0.15) is 26.5 Å². The van der Waals surface area contributed by atoms with Gasteiger partial charge in [0.1, 0.15) is 12.3 Å². The van der Waals surface area contributed by atoms with Gasteiger partial charge in [0, 0.05) is 5.02 Å². The van der Waals surface area contributed by atoms with Crippen LogP contribution in [0.3, 0.4) is 0 Å². The smallest absolute Gasteiger partial charge is 0.262 e. The van der Waals surface area contributed by atoms with E-state index in [-0.39, 0.29) is 6.54 Å². The lowest BCUT2D eigenvalue weighted by Gasteiger charge is -2.21. The lowest BCUT2D eigenvalue weighted by molar-refractivity contribution is -0.119. The Balaban J connectivity index is 1.47. The molecule has 31 heavy (non-hydrogen) atoms. The van der Waals surface area contributed by atoms with Gasteiger partial charge in [-0.15, -0.1) is 0 Å². The number of thiazole rings is 1. The molecule has 4 aromatic rings. The summed E-state index contributed by atoms with van der Waals surface area (Å²) in [6, 6.07) is 15.3. The number of carbonyl (C=O) groups excluding carboxylic acids is 3.